The summed E-state index contributed by atoms with van der Waals surface area (Å²) in [4.78, 5) is 0. The van der Waals surface area contributed by atoms with Crippen LogP contribution in [0.25, 0.3) is 0 Å². The highest BCUT2D eigenvalue weighted by Crippen LogP contribution is 0.787. The van der Waals surface area contributed by atoms with E-state index in [1.807, 2.05) is 0 Å². The van der Waals surface area contributed by atoms with Gasteiger partial charge in [0.15, 0.2) is 0 Å². The number of aliphatic hydroxyl groups is 15. The fourth-order valence-electron chi connectivity index (χ4n) is 0. The van der Waals surface area contributed by atoms with E-state index in [1.165, 1.54) is 0 Å². The summed E-state index contributed by atoms with van der Waals surface area (Å²) in [6, 6.07) is 0. The zero-order valence-electron chi connectivity index (χ0n) is 21.7. The summed E-state index contributed by atoms with van der Waals surface area (Å²) in [5.41, 5.74) is 0. The van der Waals surface area contributed by atoms with Crippen LogP contribution in [0.1, 0.15) is 631 Å². The van der Waals surface area contributed by atoms with Crippen LogP contribution in [0, 0.1) is 0 Å². The highest BCUT2D eigenvalue weighted by atomic mass is 16.3. The normalized spacial score (nSPS) is 0.783. The molecule has 15 nitrogen and oxygen atoms in total. The van der Waals surface area contributed by atoms with Crippen LogP contribution in [0.3, 0.4) is 0 Å². The van der Waals surface area contributed by atoms with Crippen LogP contribution in [0.2, 0.25) is 0 Å². The Labute approximate surface area is 810 Å². The lowest BCUT2D eigenvalue weighted by Gasteiger charge is -1.21. The van der Waals surface area contributed by atoms with Crippen molar-refractivity contribution in [3.63, 3.8) is 0 Å². The molecule has 890 valence electrons. The van der Waals surface area contributed by atoms with Gasteiger partial charge >= 0.3 is 0 Å². The lowest BCUT2D eigenvalue weighted by Crippen LogP contribution is -1.25. The fourth-order valence-corrected chi connectivity index (χ4v) is 0. The van der Waals surface area contributed by atoms with Gasteiger partial charge in [-0.2, -0.15) is 0 Å². The van der Waals surface area contributed by atoms with Crippen molar-refractivity contribution >= 4 is 0 Å². The SMILES string of the molecule is C.C.C.C.C.C.C.C.C.C.C.C.C.C.C.C.C.C.C.C.C.C.C.C.C.C.C.C.C.C.C.C.C.C.C.C.C.C.C.C.C.C.C.C.C.C.C.C.C.C.C.C.C.C.C.C.C.C.C.C.C.C.C.C.C.C.C.C.C.C.C.C.C.C.C.C.C.C.C.C.C.C.C.C.C.CO.CO.CO.CO.CO.CO.CO.CO.CO.CO.CO.CO.CO.CO.CO. The van der Waals surface area contributed by atoms with Gasteiger partial charge in [0, 0.05) is 107 Å². The molecule has 0 aliphatic rings. The molecule has 0 atom stereocenters. The minimum absolute atomic E-state index is 0. The number of aliphatic hydroxyl groups excluding tert-OH is 15. The predicted molar refractivity (Wildman–Crippen MR) is 694 cm³/mol. The third-order valence-electron chi connectivity index (χ3n) is 0. The van der Waals surface area contributed by atoms with E-state index >= 15 is 0 Å². The molecule has 0 aliphatic carbocycles. The Morgan fingerprint density at radius 1 is 0.0348 bits per heavy atom. The van der Waals surface area contributed by atoms with Crippen molar-refractivity contribution in [3.05, 3.63) is 0 Å². The van der Waals surface area contributed by atoms with E-state index in [2.05, 4.69) is 0 Å². The van der Waals surface area contributed by atoms with Crippen LogP contribution in [0.5, 0.6) is 0 Å². The van der Waals surface area contributed by atoms with E-state index in [9.17, 15) is 0 Å². The maximum absolute atomic E-state index is 7.00. The van der Waals surface area contributed by atoms with Gasteiger partial charge in [0.25, 0.3) is 0 Å². The molecule has 0 radical (unpaired) electrons. The van der Waals surface area contributed by atoms with Gasteiger partial charge in [-0.3, -0.25) is 0 Å². The molecule has 15 heteroatoms. The third kappa shape index (κ3) is 3910000. The van der Waals surface area contributed by atoms with Crippen molar-refractivity contribution in [1.29, 1.82) is 0 Å². The monoisotopic (exact) mass is 1840 g/mol. The molecule has 0 aliphatic heterocycles. The van der Waals surface area contributed by atoms with Gasteiger partial charge in [0.1, 0.15) is 0 Å². The molecular formula is C100H400O15. The molecule has 0 unspecified atom stereocenters. The third-order valence-corrected chi connectivity index (χ3v) is 0. The largest absolute Gasteiger partial charge is 0.400 e. The lowest BCUT2D eigenvalue weighted by molar-refractivity contribution is 0.399. The molecule has 0 rings (SSSR count). The van der Waals surface area contributed by atoms with E-state index in [-0.39, 0.29) is 631 Å². The van der Waals surface area contributed by atoms with Gasteiger partial charge < -0.3 is 76.6 Å². The quantitative estimate of drug-likeness (QED) is 0.107. The summed E-state index contributed by atoms with van der Waals surface area (Å²) in [6.45, 7) is 0. The van der Waals surface area contributed by atoms with Crippen molar-refractivity contribution in [3.8, 4) is 0 Å². The van der Waals surface area contributed by atoms with E-state index in [0.717, 1.165) is 107 Å². The summed E-state index contributed by atoms with van der Waals surface area (Å²) in [5.74, 6) is 0. The van der Waals surface area contributed by atoms with Gasteiger partial charge in [-0.1, -0.05) is 631 Å². The topological polar surface area (TPSA) is 303 Å². The van der Waals surface area contributed by atoms with Crippen molar-refractivity contribution in [2.45, 2.75) is 631 Å². The maximum atomic E-state index is 7.00. The average Bonchev–Trinajstić information content (AvgIpc) is 3.00. The molecular weight excluding hydrogens is 1440 g/mol. The summed E-state index contributed by atoms with van der Waals surface area (Å²) in [7, 11) is 15.0. The van der Waals surface area contributed by atoms with Crippen LogP contribution in [0.15, 0.2) is 0 Å². The van der Waals surface area contributed by atoms with Crippen LogP contribution >= 0.6 is 0 Å². The zero-order valence-corrected chi connectivity index (χ0v) is 21.7. The van der Waals surface area contributed by atoms with Crippen LogP contribution in [-0.4, -0.2) is 183 Å². The highest BCUT2D eigenvalue weighted by molar-refractivity contribution is 3.21. The Bertz CT molecular complexity index is 64.2. The van der Waals surface area contributed by atoms with Gasteiger partial charge in [-0.05, 0) is 0 Å². The standard InChI is InChI=1S/15CH4O.85CH4/c15*1-2;;;;;;;;;;;;;;;;;;;;;;;;;;;;;;;;;;;;;;;;;;;;;;;;;;;;;;;;;;;;;;;;;;;;;;;;;;;;;;;;;;;;;/h15*2H,1H3;85*1H4. The minimum atomic E-state index is 0. The maximum Gasteiger partial charge on any atom is 0.0319 e. The van der Waals surface area contributed by atoms with Gasteiger partial charge in [0.2, 0.25) is 0 Å². The molecule has 0 amide bonds. The molecule has 0 heterocycles. The first-order valence-corrected chi connectivity index (χ1v) is 6.71. The van der Waals surface area contributed by atoms with Crippen molar-refractivity contribution in [2.75, 3.05) is 107 Å². The van der Waals surface area contributed by atoms with E-state index in [0.29, 0.717) is 0 Å². The summed E-state index contributed by atoms with van der Waals surface area (Å²) < 4.78 is 0. The van der Waals surface area contributed by atoms with E-state index < -0.39 is 0 Å². The first-order chi connectivity index (χ1) is 15.0. The summed E-state index contributed by atoms with van der Waals surface area (Å²) >= 11 is 0. The molecule has 0 aromatic rings. The lowest BCUT2D eigenvalue weighted by atomic mass is 11.8. The Morgan fingerprint density at radius 3 is 0.0348 bits per heavy atom. The van der Waals surface area contributed by atoms with Crippen molar-refractivity contribution in [1.82, 2.24) is 0 Å². The smallest absolute Gasteiger partial charge is 0.0319 e. The predicted octanol–water partition coefficient (Wildman–Crippen LogP) is 48.2. The number of rotatable bonds is 0. The summed E-state index contributed by atoms with van der Waals surface area (Å²) in [5, 5.41) is 105. The molecule has 0 spiro atoms. The van der Waals surface area contributed by atoms with Crippen LogP contribution in [0.4, 0.5) is 0 Å². The van der Waals surface area contributed by atoms with Gasteiger partial charge in [0.05, 0.1) is 0 Å². The van der Waals surface area contributed by atoms with Gasteiger partial charge in [-0.15, -0.1) is 0 Å². The molecule has 0 saturated carbocycles. The molecule has 15 N–H and O–H groups in total. The number of hydrogen-bond donors (Lipinski definition) is 15. The molecule has 0 bridgehead atoms. The van der Waals surface area contributed by atoms with Crippen molar-refractivity contribution < 1.29 is 76.6 Å². The Kier molecular flexibility index (Phi) is 246000000. The van der Waals surface area contributed by atoms with E-state index in [1.54, 1.807) is 0 Å². The first kappa shape index (κ1) is 7090. The Hall–Kier alpha value is -0.600. The highest BCUT2D eigenvalue weighted by Gasteiger charge is 0.870. The molecule has 115 heavy (non-hydrogen) atoms. The molecule has 0 aromatic heterocycles. The minimum Gasteiger partial charge on any atom is -0.400 e. The average molecular weight is 1840 g/mol. The van der Waals surface area contributed by atoms with Crippen molar-refractivity contribution in [2.24, 2.45) is 0 Å². The number of hydrogen-bond acceptors (Lipinski definition) is 15. The molecule has 0 saturated heterocycles. The van der Waals surface area contributed by atoms with E-state index in [4.69, 9.17) is 76.6 Å². The summed E-state index contributed by atoms with van der Waals surface area (Å²) in [6.07, 6.45) is 0. The second-order valence-electron chi connectivity index (χ2n) is 0. The molecule has 0 fully saturated rings. The Balaban J connectivity index is -0.000000000203. The first-order valence-electron chi connectivity index (χ1n) is 6.71. The van der Waals surface area contributed by atoms with Crippen LogP contribution < -0.4 is 0 Å². The fraction of sp³-hybridized carbons (Fsp3) is 1.00. The molecule has 0 aromatic carbocycles. The van der Waals surface area contributed by atoms with Crippen LogP contribution in [-0.2, 0) is 0 Å². The Morgan fingerprint density at radius 2 is 0.0348 bits per heavy atom. The van der Waals surface area contributed by atoms with Gasteiger partial charge in [-0.25, -0.2) is 0 Å². The second-order valence-corrected chi connectivity index (χ2v) is 0. The zero-order chi connectivity index (χ0) is 30.0. The second kappa shape index (κ2) is 3980000.